The molecule has 0 unspecified atom stereocenters. The molecular formula is C18H18F2N2O3. The Labute approximate surface area is 144 Å². The van der Waals surface area contributed by atoms with E-state index in [9.17, 15) is 13.6 Å². The van der Waals surface area contributed by atoms with Crippen molar-refractivity contribution in [2.45, 2.75) is 6.61 Å². The molecule has 3 rings (SSSR count). The number of hydrogen-bond donors (Lipinski definition) is 1. The van der Waals surface area contributed by atoms with Crippen LogP contribution in [0.1, 0.15) is 10.4 Å². The van der Waals surface area contributed by atoms with Crippen LogP contribution < -0.4 is 15.0 Å². The summed E-state index contributed by atoms with van der Waals surface area (Å²) in [4.78, 5) is 14.6. The van der Waals surface area contributed by atoms with Crippen molar-refractivity contribution >= 4 is 17.3 Å². The molecule has 1 heterocycles. The lowest BCUT2D eigenvalue weighted by molar-refractivity contribution is -0.0498. The molecule has 25 heavy (non-hydrogen) atoms. The summed E-state index contributed by atoms with van der Waals surface area (Å²) in [7, 11) is 0. The van der Waals surface area contributed by atoms with Crippen LogP contribution in [0, 0.1) is 0 Å². The number of amides is 1. The zero-order valence-electron chi connectivity index (χ0n) is 13.5. The number of carbonyl (C=O) groups excluding carboxylic acids is 1. The molecule has 2 aromatic carbocycles. The quantitative estimate of drug-likeness (QED) is 0.900. The van der Waals surface area contributed by atoms with E-state index in [4.69, 9.17) is 4.74 Å². The summed E-state index contributed by atoms with van der Waals surface area (Å²) in [6.07, 6.45) is 0. The third-order valence-corrected chi connectivity index (χ3v) is 3.83. The van der Waals surface area contributed by atoms with Crippen LogP contribution >= 0.6 is 0 Å². The minimum absolute atomic E-state index is 0.0517. The van der Waals surface area contributed by atoms with Crippen LogP contribution in [0.3, 0.4) is 0 Å². The van der Waals surface area contributed by atoms with Crippen molar-refractivity contribution in [2.75, 3.05) is 36.5 Å². The number of morpholine rings is 1. The summed E-state index contributed by atoms with van der Waals surface area (Å²) in [6, 6.07) is 13.2. The van der Waals surface area contributed by atoms with Crippen LogP contribution in [0.4, 0.5) is 20.2 Å². The molecule has 5 nitrogen and oxygen atoms in total. The highest BCUT2D eigenvalue weighted by Gasteiger charge is 2.16. The van der Waals surface area contributed by atoms with Gasteiger partial charge < -0.3 is 19.7 Å². The van der Waals surface area contributed by atoms with Gasteiger partial charge in [-0.2, -0.15) is 8.78 Å². The van der Waals surface area contributed by atoms with Crippen LogP contribution in [0.25, 0.3) is 0 Å². The van der Waals surface area contributed by atoms with E-state index in [0.717, 1.165) is 18.8 Å². The Morgan fingerprint density at radius 1 is 1.12 bits per heavy atom. The number of rotatable bonds is 5. The molecule has 0 bridgehead atoms. The lowest BCUT2D eigenvalue weighted by Gasteiger charge is -2.30. The van der Waals surface area contributed by atoms with E-state index in [-0.39, 0.29) is 17.2 Å². The molecule has 0 radical (unpaired) electrons. The second-order valence-electron chi connectivity index (χ2n) is 5.48. The first-order chi connectivity index (χ1) is 12.1. The van der Waals surface area contributed by atoms with E-state index in [1.807, 2.05) is 24.3 Å². The van der Waals surface area contributed by atoms with Crippen molar-refractivity contribution in [1.82, 2.24) is 0 Å². The summed E-state index contributed by atoms with van der Waals surface area (Å²) in [5.74, 6) is -0.440. The number of ether oxygens (including phenoxy) is 2. The maximum atomic E-state index is 12.5. The Morgan fingerprint density at radius 3 is 2.64 bits per heavy atom. The van der Waals surface area contributed by atoms with Gasteiger partial charge in [0.15, 0.2) is 0 Å². The number of nitrogens with one attached hydrogen (secondary N) is 1. The van der Waals surface area contributed by atoms with Crippen LogP contribution in [0.2, 0.25) is 0 Å². The fourth-order valence-electron chi connectivity index (χ4n) is 2.67. The second-order valence-corrected chi connectivity index (χ2v) is 5.48. The van der Waals surface area contributed by atoms with Gasteiger partial charge in [-0.25, -0.2) is 0 Å². The highest BCUT2D eigenvalue weighted by atomic mass is 19.3. The zero-order chi connectivity index (χ0) is 17.6. The predicted molar refractivity (Wildman–Crippen MR) is 90.5 cm³/mol. The van der Waals surface area contributed by atoms with Crippen LogP contribution in [0.15, 0.2) is 48.5 Å². The normalized spacial score (nSPS) is 14.4. The molecule has 132 valence electrons. The van der Waals surface area contributed by atoms with Crippen LogP contribution in [-0.4, -0.2) is 38.8 Å². The molecule has 0 saturated carbocycles. The third kappa shape index (κ3) is 4.45. The van der Waals surface area contributed by atoms with Crippen molar-refractivity contribution < 1.29 is 23.0 Å². The largest absolute Gasteiger partial charge is 0.435 e. The van der Waals surface area contributed by atoms with Gasteiger partial charge in [0.25, 0.3) is 5.91 Å². The Kier molecular flexibility index (Phi) is 5.45. The average molecular weight is 348 g/mol. The number of hydrogen-bond acceptors (Lipinski definition) is 4. The van der Waals surface area contributed by atoms with Gasteiger partial charge in [0, 0.05) is 18.7 Å². The van der Waals surface area contributed by atoms with E-state index in [1.54, 1.807) is 6.07 Å². The van der Waals surface area contributed by atoms with Crippen molar-refractivity contribution in [1.29, 1.82) is 0 Å². The summed E-state index contributed by atoms with van der Waals surface area (Å²) < 4.78 is 34.3. The summed E-state index contributed by atoms with van der Waals surface area (Å²) in [5, 5.41) is 2.84. The van der Waals surface area contributed by atoms with E-state index in [1.165, 1.54) is 18.2 Å². The molecule has 1 amide bonds. The fourth-order valence-corrected chi connectivity index (χ4v) is 2.67. The molecule has 0 atom stereocenters. The minimum atomic E-state index is -2.93. The fraction of sp³-hybridized carbons (Fsp3) is 0.278. The number of halogens is 2. The lowest BCUT2D eigenvalue weighted by atomic mass is 10.1. The van der Waals surface area contributed by atoms with Gasteiger partial charge >= 0.3 is 6.61 Å². The lowest BCUT2D eigenvalue weighted by Crippen LogP contribution is -2.36. The first kappa shape index (κ1) is 17.2. The highest BCUT2D eigenvalue weighted by Crippen LogP contribution is 2.27. The van der Waals surface area contributed by atoms with E-state index < -0.39 is 6.61 Å². The number of alkyl halides is 2. The minimum Gasteiger partial charge on any atom is -0.435 e. The zero-order valence-corrected chi connectivity index (χ0v) is 13.5. The molecule has 1 fully saturated rings. The highest BCUT2D eigenvalue weighted by molar-refractivity contribution is 6.06. The predicted octanol–water partition coefficient (Wildman–Crippen LogP) is 3.38. The number of carbonyl (C=O) groups is 1. The third-order valence-electron chi connectivity index (χ3n) is 3.83. The molecule has 1 aliphatic heterocycles. The SMILES string of the molecule is O=C(Nc1ccccc1N1CCOCC1)c1cccc(OC(F)F)c1. The maximum absolute atomic E-state index is 12.5. The Hall–Kier alpha value is -2.67. The molecule has 0 aromatic heterocycles. The first-order valence-electron chi connectivity index (χ1n) is 7.91. The van der Waals surface area contributed by atoms with Crippen LogP contribution in [0.5, 0.6) is 5.75 Å². The molecule has 0 spiro atoms. The molecular weight excluding hydrogens is 330 g/mol. The maximum Gasteiger partial charge on any atom is 0.387 e. The molecule has 2 aromatic rings. The Bertz CT molecular complexity index is 734. The smallest absolute Gasteiger partial charge is 0.387 e. The Morgan fingerprint density at radius 2 is 1.88 bits per heavy atom. The average Bonchev–Trinajstić information content (AvgIpc) is 2.62. The summed E-state index contributed by atoms with van der Waals surface area (Å²) in [5.41, 5.74) is 1.81. The van der Waals surface area contributed by atoms with E-state index in [0.29, 0.717) is 18.9 Å². The molecule has 1 N–H and O–H groups in total. The summed E-state index contributed by atoms with van der Waals surface area (Å²) in [6.45, 7) is -0.180. The van der Waals surface area contributed by atoms with Crippen molar-refractivity contribution in [3.8, 4) is 5.75 Å². The molecule has 1 aliphatic rings. The van der Waals surface area contributed by atoms with Gasteiger partial charge in [0.2, 0.25) is 0 Å². The van der Waals surface area contributed by atoms with Gasteiger partial charge in [-0.05, 0) is 30.3 Å². The molecule has 1 saturated heterocycles. The topological polar surface area (TPSA) is 50.8 Å². The van der Waals surface area contributed by atoms with Crippen molar-refractivity contribution in [2.24, 2.45) is 0 Å². The number of para-hydroxylation sites is 2. The van der Waals surface area contributed by atoms with Gasteiger partial charge in [0.05, 0.1) is 24.6 Å². The van der Waals surface area contributed by atoms with Gasteiger partial charge in [-0.1, -0.05) is 18.2 Å². The van der Waals surface area contributed by atoms with Gasteiger partial charge in [-0.15, -0.1) is 0 Å². The van der Waals surface area contributed by atoms with Gasteiger partial charge in [0.1, 0.15) is 5.75 Å². The molecule has 0 aliphatic carbocycles. The monoisotopic (exact) mass is 348 g/mol. The molecule has 7 heteroatoms. The van der Waals surface area contributed by atoms with E-state index in [2.05, 4.69) is 15.0 Å². The summed E-state index contributed by atoms with van der Waals surface area (Å²) >= 11 is 0. The number of benzene rings is 2. The second kappa shape index (κ2) is 7.94. The van der Waals surface area contributed by atoms with Gasteiger partial charge in [-0.3, -0.25) is 4.79 Å². The van der Waals surface area contributed by atoms with E-state index >= 15 is 0 Å². The van der Waals surface area contributed by atoms with Crippen molar-refractivity contribution in [3.05, 3.63) is 54.1 Å². The Balaban J connectivity index is 1.77. The number of anilines is 2. The van der Waals surface area contributed by atoms with Crippen molar-refractivity contribution in [3.63, 3.8) is 0 Å². The standard InChI is InChI=1S/C18H18F2N2O3/c19-18(20)25-14-5-3-4-13(12-14)17(23)21-15-6-1-2-7-16(15)22-8-10-24-11-9-22/h1-7,12,18H,8-11H2,(H,21,23). The number of nitrogens with zero attached hydrogens (tertiary/aromatic N) is 1. The first-order valence-corrected chi connectivity index (χ1v) is 7.91. The van der Waals surface area contributed by atoms with Crippen LogP contribution in [-0.2, 0) is 4.74 Å².